The molecule has 0 heterocycles. The third-order valence-corrected chi connectivity index (χ3v) is 2.57. The first-order valence-corrected chi connectivity index (χ1v) is 6.50. The molecule has 0 aromatic carbocycles. The fourth-order valence-electron chi connectivity index (χ4n) is 1.74. The average Bonchev–Trinajstić information content (AvgIpc) is 2.97. The van der Waals surface area contributed by atoms with Gasteiger partial charge in [-0.3, -0.25) is 9.59 Å². The maximum atomic E-state index is 12.0. The Labute approximate surface area is 104 Å². The largest absolute Gasteiger partial charge is 0.345 e. The van der Waals surface area contributed by atoms with Gasteiger partial charge in [-0.05, 0) is 24.7 Å². The molecular weight excluding hydrogens is 216 g/mol. The zero-order valence-corrected chi connectivity index (χ0v) is 11.3. The summed E-state index contributed by atoms with van der Waals surface area (Å²) in [6.45, 7) is 9.52. The third-order valence-electron chi connectivity index (χ3n) is 2.57. The first kappa shape index (κ1) is 14.0. The second-order valence-electron chi connectivity index (χ2n) is 5.75. The van der Waals surface area contributed by atoms with Crippen molar-refractivity contribution in [2.45, 2.75) is 46.6 Å². The van der Waals surface area contributed by atoms with Crippen molar-refractivity contribution >= 4 is 11.8 Å². The lowest BCUT2D eigenvalue weighted by Gasteiger charge is -2.25. The maximum absolute atomic E-state index is 12.0. The number of nitrogens with one attached hydrogen (secondary N) is 1. The summed E-state index contributed by atoms with van der Waals surface area (Å²) in [5.74, 6) is -0.0500. The lowest BCUT2D eigenvalue weighted by Crippen LogP contribution is -2.46. The van der Waals surface area contributed by atoms with Gasteiger partial charge < -0.3 is 10.2 Å². The van der Waals surface area contributed by atoms with Crippen LogP contribution in [0.5, 0.6) is 0 Å². The van der Waals surface area contributed by atoms with E-state index in [4.69, 9.17) is 0 Å². The van der Waals surface area contributed by atoms with Crippen molar-refractivity contribution in [2.75, 3.05) is 13.1 Å². The van der Waals surface area contributed by atoms with Crippen LogP contribution in [0.4, 0.5) is 0 Å². The summed E-state index contributed by atoms with van der Waals surface area (Å²) < 4.78 is 0. The van der Waals surface area contributed by atoms with Gasteiger partial charge in [0.2, 0.25) is 0 Å². The molecule has 1 N–H and O–H groups in total. The highest BCUT2D eigenvalue weighted by Gasteiger charge is 2.29. The van der Waals surface area contributed by atoms with E-state index in [-0.39, 0.29) is 11.9 Å². The lowest BCUT2D eigenvalue weighted by atomic mass is 10.1. The number of hydrogen-bond donors (Lipinski definition) is 1. The molecule has 1 aliphatic rings. The van der Waals surface area contributed by atoms with E-state index >= 15 is 0 Å². The predicted octanol–water partition coefficient (Wildman–Crippen LogP) is 1.41. The number of rotatable bonds is 5. The summed E-state index contributed by atoms with van der Waals surface area (Å²) in [4.78, 5) is 25.4. The van der Waals surface area contributed by atoms with Crippen LogP contribution in [0.15, 0.2) is 0 Å². The third kappa shape index (κ3) is 5.20. The van der Waals surface area contributed by atoms with Crippen LogP contribution >= 0.6 is 0 Å². The van der Waals surface area contributed by atoms with E-state index in [0.717, 1.165) is 12.8 Å². The molecule has 1 fully saturated rings. The molecule has 1 saturated carbocycles. The van der Waals surface area contributed by atoms with E-state index in [0.29, 0.717) is 24.9 Å². The monoisotopic (exact) mass is 240 g/mol. The molecule has 0 aromatic heterocycles. The molecule has 0 unspecified atom stereocenters. The van der Waals surface area contributed by atoms with E-state index < -0.39 is 5.91 Å². The molecule has 0 radical (unpaired) electrons. The Hall–Kier alpha value is -1.06. The van der Waals surface area contributed by atoms with Crippen molar-refractivity contribution in [2.24, 2.45) is 11.8 Å². The molecule has 1 aliphatic carbocycles. The number of carbonyl (C=O) groups excluding carboxylic acids is 2. The Kier molecular flexibility index (Phi) is 4.97. The zero-order valence-electron chi connectivity index (χ0n) is 11.3. The highest BCUT2D eigenvalue weighted by atomic mass is 16.2. The van der Waals surface area contributed by atoms with Gasteiger partial charge in [0.05, 0.1) is 0 Å². The van der Waals surface area contributed by atoms with Gasteiger partial charge in [0, 0.05) is 19.1 Å². The van der Waals surface area contributed by atoms with Gasteiger partial charge in [0.25, 0.3) is 0 Å². The summed E-state index contributed by atoms with van der Waals surface area (Å²) in [6, 6.07) is 0.242. The van der Waals surface area contributed by atoms with Crippen LogP contribution in [0.25, 0.3) is 0 Å². The van der Waals surface area contributed by atoms with Crippen LogP contribution in [-0.2, 0) is 9.59 Å². The zero-order chi connectivity index (χ0) is 13.0. The van der Waals surface area contributed by atoms with E-state index in [1.807, 2.05) is 0 Å². The fraction of sp³-hybridized carbons (Fsp3) is 0.846. The standard InChI is InChI=1S/C13H24N2O2/c1-9(2)7-15(8-10(3)4)13(17)12(16)14-11-5-6-11/h9-11H,5-8H2,1-4H3,(H,14,16). The lowest BCUT2D eigenvalue weighted by molar-refractivity contribution is -0.146. The Balaban J connectivity index is 2.53. The molecule has 17 heavy (non-hydrogen) atoms. The van der Waals surface area contributed by atoms with Crippen molar-refractivity contribution in [3.8, 4) is 0 Å². The van der Waals surface area contributed by atoms with E-state index in [2.05, 4.69) is 33.0 Å². The average molecular weight is 240 g/mol. The molecule has 0 aliphatic heterocycles. The maximum Gasteiger partial charge on any atom is 0.311 e. The number of carbonyl (C=O) groups is 2. The Morgan fingerprint density at radius 1 is 1.12 bits per heavy atom. The Morgan fingerprint density at radius 3 is 1.94 bits per heavy atom. The van der Waals surface area contributed by atoms with Crippen LogP contribution in [-0.4, -0.2) is 35.8 Å². The predicted molar refractivity (Wildman–Crippen MR) is 67.4 cm³/mol. The van der Waals surface area contributed by atoms with Crippen molar-refractivity contribution in [3.05, 3.63) is 0 Å². The molecule has 4 nitrogen and oxygen atoms in total. The van der Waals surface area contributed by atoms with Gasteiger partial charge in [-0.1, -0.05) is 27.7 Å². The van der Waals surface area contributed by atoms with Crippen molar-refractivity contribution < 1.29 is 9.59 Å². The highest BCUT2D eigenvalue weighted by Crippen LogP contribution is 2.18. The van der Waals surface area contributed by atoms with Crippen LogP contribution < -0.4 is 5.32 Å². The SMILES string of the molecule is CC(C)CN(CC(C)C)C(=O)C(=O)NC1CC1. The minimum absolute atomic E-state index is 0.242. The highest BCUT2D eigenvalue weighted by molar-refractivity contribution is 6.35. The summed E-state index contributed by atoms with van der Waals surface area (Å²) >= 11 is 0. The molecule has 98 valence electrons. The normalized spacial score (nSPS) is 15.2. The molecular formula is C13H24N2O2. The molecule has 0 aromatic rings. The van der Waals surface area contributed by atoms with Gasteiger partial charge in [-0.2, -0.15) is 0 Å². The summed E-state index contributed by atoms with van der Waals surface area (Å²) in [7, 11) is 0. The molecule has 0 atom stereocenters. The van der Waals surface area contributed by atoms with Crippen LogP contribution in [0, 0.1) is 11.8 Å². The number of amides is 2. The second-order valence-corrected chi connectivity index (χ2v) is 5.75. The van der Waals surface area contributed by atoms with Gasteiger partial charge in [-0.25, -0.2) is 0 Å². The van der Waals surface area contributed by atoms with Crippen molar-refractivity contribution in [1.82, 2.24) is 10.2 Å². The molecule has 4 heteroatoms. The van der Waals surface area contributed by atoms with Gasteiger partial charge in [0.15, 0.2) is 0 Å². The number of hydrogen-bond acceptors (Lipinski definition) is 2. The topological polar surface area (TPSA) is 49.4 Å². The minimum atomic E-state index is -0.436. The first-order valence-electron chi connectivity index (χ1n) is 6.50. The Bertz CT molecular complexity index is 273. The summed E-state index contributed by atoms with van der Waals surface area (Å²) in [5, 5.41) is 2.75. The number of nitrogens with zero attached hydrogens (tertiary/aromatic N) is 1. The quantitative estimate of drug-likeness (QED) is 0.739. The fourth-order valence-corrected chi connectivity index (χ4v) is 1.74. The molecule has 0 saturated heterocycles. The van der Waals surface area contributed by atoms with Crippen LogP contribution in [0.2, 0.25) is 0 Å². The van der Waals surface area contributed by atoms with Crippen molar-refractivity contribution in [3.63, 3.8) is 0 Å². The van der Waals surface area contributed by atoms with E-state index in [9.17, 15) is 9.59 Å². The van der Waals surface area contributed by atoms with Gasteiger partial charge in [0.1, 0.15) is 0 Å². The van der Waals surface area contributed by atoms with Gasteiger partial charge in [-0.15, -0.1) is 0 Å². The Morgan fingerprint density at radius 2 is 1.59 bits per heavy atom. The van der Waals surface area contributed by atoms with E-state index in [1.165, 1.54) is 0 Å². The van der Waals surface area contributed by atoms with Crippen molar-refractivity contribution in [1.29, 1.82) is 0 Å². The summed E-state index contributed by atoms with van der Waals surface area (Å²) in [5.41, 5.74) is 0. The smallest absolute Gasteiger partial charge is 0.311 e. The van der Waals surface area contributed by atoms with E-state index in [1.54, 1.807) is 4.90 Å². The van der Waals surface area contributed by atoms with Crippen LogP contribution in [0.1, 0.15) is 40.5 Å². The van der Waals surface area contributed by atoms with Crippen LogP contribution in [0.3, 0.4) is 0 Å². The second kappa shape index (κ2) is 6.03. The molecule has 1 rings (SSSR count). The molecule has 2 amide bonds. The molecule has 0 bridgehead atoms. The minimum Gasteiger partial charge on any atom is -0.345 e. The first-order chi connectivity index (χ1) is 7.90. The summed E-state index contributed by atoms with van der Waals surface area (Å²) in [6.07, 6.45) is 2.01. The molecule has 0 spiro atoms. The van der Waals surface area contributed by atoms with Gasteiger partial charge >= 0.3 is 11.8 Å².